The highest BCUT2D eigenvalue weighted by Gasteiger charge is 2.20. The Morgan fingerprint density at radius 2 is 1.88 bits per heavy atom. The molecule has 1 fully saturated rings. The van der Waals surface area contributed by atoms with Crippen LogP contribution in [0.4, 0.5) is 5.69 Å². The first-order valence-electron chi connectivity index (χ1n) is 8.77. The molecule has 0 amide bonds. The highest BCUT2D eigenvalue weighted by Crippen LogP contribution is 2.29. The van der Waals surface area contributed by atoms with Crippen molar-refractivity contribution in [2.24, 2.45) is 0 Å². The third-order valence-electron chi connectivity index (χ3n) is 5.30. The van der Waals surface area contributed by atoms with Gasteiger partial charge in [0.2, 0.25) is 0 Å². The number of aromatic amines is 1. The molecule has 130 valence electrons. The molecule has 3 heterocycles. The number of hydrogen-bond donors (Lipinski definition) is 1. The Hall–Kier alpha value is -2.04. The number of pyridine rings is 1. The quantitative estimate of drug-likeness (QED) is 0.756. The molecule has 1 aliphatic heterocycles. The molecule has 25 heavy (non-hydrogen) atoms. The van der Waals surface area contributed by atoms with Crippen LogP contribution in [0.25, 0.3) is 22.3 Å². The molecule has 0 saturated carbocycles. The van der Waals surface area contributed by atoms with Crippen molar-refractivity contribution in [2.45, 2.75) is 18.9 Å². The summed E-state index contributed by atoms with van der Waals surface area (Å²) in [6.45, 7) is 2.35. The van der Waals surface area contributed by atoms with E-state index >= 15 is 0 Å². The number of nitrogens with one attached hydrogen (secondary N) is 1. The van der Waals surface area contributed by atoms with Gasteiger partial charge in [0, 0.05) is 36.1 Å². The highest BCUT2D eigenvalue weighted by molar-refractivity contribution is 6.35. The van der Waals surface area contributed by atoms with E-state index in [9.17, 15) is 0 Å². The van der Waals surface area contributed by atoms with Crippen LogP contribution >= 0.6 is 11.6 Å². The van der Waals surface area contributed by atoms with Gasteiger partial charge in [-0.2, -0.15) is 0 Å². The zero-order chi connectivity index (χ0) is 17.4. The zero-order valence-electron chi connectivity index (χ0n) is 14.7. The number of benzene rings is 1. The van der Waals surface area contributed by atoms with Gasteiger partial charge in [-0.15, -0.1) is 0 Å². The van der Waals surface area contributed by atoms with E-state index in [0.717, 1.165) is 27.3 Å². The van der Waals surface area contributed by atoms with E-state index in [1.165, 1.54) is 31.6 Å². The SMILES string of the molecule is CN1CCC(N(C)c2ccc(-c3cc4c(Cl)ccnc4[nH]3)cc2)CC1. The van der Waals surface area contributed by atoms with Gasteiger partial charge in [0.05, 0.1) is 5.02 Å². The standard InChI is InChI=1S/C20H23ClN4/c1-24-11-8-16(9-12-24)25(2)15-5-3-14(4-6-15)19-13-17-18(21)7-10-22-20(17)23-19/h3-7,10,13,16H,8-9,11-12H2,1-2H3,(H,22,23). The van der Waals surface area contributed by atoms with Crippen LogP contribution in [0, 0.1) is 0 Å². The molecular formula is C20H23ClN4. The van der Waals surface area contributed by atoms with Crippen molar-refractivity contribution in [3.05, 3.63) is 47.6 Å². The van der Waals surface area contributed by atoms with E-state index in [1.807, 2.05) is 6.07 Å². The summed E-state index contributed by atoms with van der Waals surface area (Å²) >= 11 is 6.25. The zero-order valence-corrected chi connectivity index (χ0v) is 15.4. The number of rotatable bonds is 3. The van der Waals surface area contributed by atoms with Gasteiger partial charge >= 0.3 is 0 Å². The summed E-state index contributed by atoms with van der Waals surface area (Å²) in [5, 5.41) is 1.69. The van der Waals surface area contributed by atoms with Crippen molar-refractivity contribution in [3.63, 3.8) is 0 Å². The fourth-order valence-electron chi connectivity index (χ4n) is 3.62. The summed E-state index contributed by atoms with van der Waals surface area (Å²) in [6.07, 6.45) is 4.17. The Balaban J connectivity index is 1.55. The molecule has 2 aromatic heterocycles. The molecule has 5 heteroatoms. The Morgan fingerprint density at radius 1 is 1.16 bits per heavy atom. The van der Waals surface area contributed by atoms with Gasteiger partial charge in [0.1, 0.15) is 5.65 Å². The van der Waals surface area contributed by atoms with Gasteiger partial charge in [-0.25, -0.2) is 4.98 Å². The minimum Gasteiger partial charge on any atom is -0.372 e. The number of anilines is 1. The molecule has 0 bridgehead atoms. The lowest BCUT2D eigenvalue weighted by atomic mass is 10.0. The average molecular weight is 355 g/mol. The lowest BCUT2D eigenvalue weighted by Crippen LogP contribution is -2.41. The first-order chi connectivity index (χ1) is 12.1. The Morgan fingerprint density at radius 3 is 2.56 bits per heavy atom. The largest absolute Gasteiger partial charge is 0.372 e. The highest BCUT2D eigenvalue weighted by atomic mass is 35.5. The van der Waals surface area contributed by atoms with Crippen LogP contribution in [0.3, 0.4) is 0 Å². The molecule has 4 rings (SSSR count). The number of H-pyrrole nitrogens is 1. The van der Waals surface area contributed by atoms with Crippen molar-refractivity contribution >= 4 is 28.3 Å². The van der Waals surface area contributed by atoms with Crippen LogP contribution in [0.1, 0.15) is 12.8 Å². The molecule has 1 aliphatic rings. The van der Waals surface area contributed by atoms with Crippen LogP contribution in [0.5, 0.6) is 0 Å². The van der Waals surface area contributed by atoms with Gasteiger partial charge in [-0.05, 0) is 62.8 Å². The maximum atomic E-state index is 6.25. The maximum Gasteiger partial charge on any atom is 0.139 e. The topological polar surface area (TPSA) is 35.2 Å². The number of piperidine rings is 1. The molecule has 4 nitrogen and oxygen atoms in total. The average Bonchev–Trinajstić information content (AvgIpc) is 3.08. The Labute approximate surface area is 153 Å². The minimum absolute atomic E-state index is 0.623. The van der Waals surface area contributed by atoms with Gasteiger partial charge < -0.3 is 14.8 Å². The van der Waals surface area contributed by atoms with E-state index < -0.39 is 0 Å². The Kier molecular flexibility index (Phi) is 4.40. The molecule has 0 spiro atoms. The second-order valence-corrected chi connectivity index (χ2v) is 7.34. The van der Waals surface area contributed by atoms with Crippen LogP contribution in [0.2, 0.25) is 5.02 Å². The number of aromatic nitrogens is 2. The van der Waals surface area contributed by atoms with Crippen LogP contribution in [0.15, 0.2) is 42.6 Å². The second-order valence-electron chi connectivity index (χ2n) is 6.93. The number of hydrogen-bond acceptors (Lipinski definition) is 3. The third-order valence-corrected chi connectivity index (χ3v) is 5.63. The van der Waals surface area contributed by atoms with Crippen molar-refractivity contribution in [1.29, 1.82) is 0 Å². The monoisotopic (exact) mass is 354 g/mol. The summed E-state index contributed by atoms with van der Waals surface area (Å²) in [5.74, 6) is 0. The summed E-state index contributed by atoms with van der Waals surface area (Å²) < 4.78 is 0. The normalized spacial score (nSPS) is 16.4. The lowest BCUT2D eigenvalue weighted by molar-refractivity contribution is 0.253. The first-order valence-corrected chi connectivity index (χ1v) is 9.14. The number of likely N-dealkylation sites (tertiary alicyclic amines) is 1. The molecule has 1 N–H and O–H groups in total. The molecular weight excluding hydrogens is 332 g/mol. The van der Waals surface area contributed by atoms with Crippen molar-refractivity contribution in [1.82, 2.24) is 14.9 Å². The lowest BCUT2D eigenvalue weighted by Gasteiger charge is -2.36. The van der Waals surface area contributed by atoms with Crippen LogP contribution < -0.4 is 4.90 Å². The smallest absolute Gasteiger partial charge is 0.139 e. The summed E-state index contributed by atoms with van der Waals surface area (Å²) in [4.78, 5) is 12.5. The minimum atomic E-state index is 0.623. The van der Waals surface area contributed by atoms with E-state index in [-0.39, 0.29) is 0 Å². The summed E-state index contributed by atoms with van der Waals surface area (Å²) in [7, 11) is 4.41. The van der Waals surface area contributed by atoms with Gasteiger partial charge in [0.15, 0.2) is 0 Å². The van der Waals surface area contributed by atoms with Crippen LogP contribution in [-0.4, -0.2) is 48.1 Å². The third kappa shape index (κ3) is 3.24. The predicted molar refractivity (Wildman–Crippen MR) is 105 cm³/mol. The molecule has 3 aromatic rings. The van der Waals surface area contributed by atoms with E-state index in [4.69, 9.17) is 11.6 Å². The van der Waals surface area contributed by atoms with Gasteiger partial charge in [0.25, 0.3) is 0 Å². The first kappa shape index (κ1) is 16.4. The van der Waals surface area contributed by atoms with E-state index in [0.29, 0.717) is 6.04 Å². The van der Waals surface area contributed by atoms with E-state index in [2.05, 4.69) is 64.2 Å². The van der Waals surface area contributed by atoms with Gasteiger partial charge in [-0.3, -0.25) is 0 Å². The van der Waals surface area contributed by atoms with E-state index in [1.54, 1.807) is 6.20 Å². The fraction of sp³-hybridized carbons (Fsp3) is 0.350. The maximum absolute atomic E-state index is 6.25. The van der Waals surface area contributed by atoms with Crippen molar-refractivity contribution < 1.29 is 0 Å². The molecule has 1 saturated heterocycles. The molecule has 0 aliphatic carbocycles. The Bertz CT molecular complexity index is 863. The molecule has 0 radical (unpaired) electrons. The fourth-order valence-corrected chi connectivity index (χ4v) is 3.82. The molecule has 1 aromatic carbocycles. The van der Waals surface area contributed by atoms with Crippen molar-refractivity contribution in [2.75, 3.05) is 32.1 Å². The summed E-state index contributed by atoms with van der Waals surface area (Å²) in [6, 6.07) is 13.3. The van der Waals surface area contributed by atoms with Gasteiger partial charge in [-0.1, -0.05) is 23.7 Å². The number of halogens is 1. The number of nitrogens with zero attached hydrogens (tertiary/aromatic N) is 3. The number of fused-ring (bicyclic) bond motifs is 1. The second kappa shape index (κ2) is 6.70. The van der Waals surface area contributed by atoms with Crippen LogP contribution in [-0.2, 0) is 0 Å². The predicted octanol–water partition coefficient (Wildman–Crippen LogP) is 4.41. The molecule has 0 atom stereocenters. The van der Waals surface area contributed by atoms with Crippen molar-refractivity contribution in [3.8, 4) is 11.3 Å². The molecule has 0 unspecified atom stereocenters. The summed E-state index contributed by atoms with van der Waals surface area (Å²) in [5.41, 5.74) is 4.29.